The molecule has 1 N–H and O–H groups in total. The van der Waals surface area contributed by atoms with E-state index in [2.05, 4.69) is 42.0 Å². The van der Waals surface area contributed by atoms with E-state index in [1.54, 1.807) is 0 Å². The second kappa shape index (κ2) is 7.57. The predicted molar refractivity (Wildman–Crippen MR) is 80.3 cm³/mol. The Labute approximate surface area is 118 Å². The molecule has 100 valence electrons. The number of aryl methyl sites for hydroxylation is 1. The second-order valence-electron chi connectivity index (χ2n) is 4.99. The minimum Gasteiger partial charge on any atom is -0.351 e. The molecule has 1 amide bonds. The molecule has 1 unspecified atom stereocenters. The fourth-order valence-electron chi connectivity index (χ4n) is 1.79. The number of benzene rings is 1. The van der Waals surface area contributed by atoms with Crippen molar-refractivity contribution in [2.75, 3.05) is 6.54 Å². The first-order valence-electron chi connectivity index (χ1n) is 6.54. The Morgan fingerprint density at radius 2 is 1.89 bits per heavy atom. The Kier molecular flexibility index (Phi) is 6.41. The zero-order valence-electron chi connectivity index (χ0n) is 11.4. The summed E-state index contributed by atoms with van der Waals surface area (Å²) in [5.41, 5.74) is 1.99. The maximum atomic E-state index is 11.9. The molecule has 0 radical (unpaired) electrons. The zero-order chi connectivity index (χ0) is 13.5. The summed E-state index contributed by atoms with van der Waals surface area (Å²) in [4.78, 5) is 12.2. The summed E-state index contributed by atoms with van der Waals surface area (Å²) in [6.45, 7) is 7.14. The summed E-state index contributed by atoms with van der Waals surface area (Å²) in [5, 5.41) is 2.96. The lowest BCUT2D eigenvalue weighted by atomic mass is 10.1. The molecule has 0 bridgehead atoms. The third kappa shape index (κ3) is 5.21. The molecule has 0 aromatic heterocycles. The third-order valence-corrected chi connectivity index (χ3v) is 3.53. The fourth-order valence-corrected chi connectivity index (χ4v) is 2.70. The Morgan fingerprint density at radius 3 is 2.39 bits per heavy atom. The molecule has 0 aliphatic carbocycles. The first-order chi connectivity index (χ1) is 8.52. The van der Waals surface area contributed by atoms with Gasteiger partial charge in [0.2, 0.25) is 0 Å². The minimum absolute atomic E-state index is 0.00543. The number of carbonyl (C=O) groups is 1. The molecule has 1 aromatic carbocycles. The van der Waals surface area contributed by atoms with Crippen LogP contribution in [0.3, 0.4) is 0 Å². The first kappa shape index (κ1) is 15.2. The monoisotopic (exact) mass is 311 g/mol. The van der Waals surface area contributed by atoms with Gasteiger partial charge in [-0.25, -0.2) is 0 Å². The van der Waals surface area contributed by atoms with Crippen molar-refractivity contribution in [2.24, 2.45) is 5.92 Å². The van der Waals surface area contributed by atoms with E-state index < -0.39 is 0 Å². The minimum atomic E-state index is 0.00543. The molecule has 1 aromatic rings. The van der Waals surface area contributed by atoms with Crippen molar-refractivity contribution in [1.82, 2.24) is 5.32 Å². The molecule has 0 saturated heterocycles. The Hall–Kier alpha value is -0.830. The van der Waals surface area contributed by atoms with Crippen LogP contribution in [0.25, 0.3) is 0 Å². The van der Waals surface area contributed by atoms with Gasteiger partial charge in [-0.15, -0.1) is 0 Å². The molecule has 0 heterocycles. The van der Waals surface area contributed by atoms with Crippen molar-refractivity contribution in [1.29, 1.82) is 0 Å². The van der Waals surface area contributed by atoms with Crippen LogP contribution in [0.15, 0.2) is 24.3 Å². The highest BCUT2D eigenvalue weighted by Gasteiger charge is 2.10. The van der Waals surface area contributed by atoms with Crippen LogP contribution in [0, 0.1) is 5.92 Å². The molecule has 3 heteroatoms. The van der Waals surface area contributed by atoms with Crippen LogP contribution in [-0.2, 0) is 6.42 Å². The van der Waals surface area contributed by atoms with Gasteiger partial charge in [0.25, 0.3) is 5.91 Å². The predicted octanol–water partition coefficient (Wildman–Crippen LogP) is 3.79. The summed E-state index contributed by atoms with van der Waals surface area (Å²) in [5.74, 6) is 0.640. The second-order valence-corrected chi connectivity index (χ2v) is 6.28. The molecule has 1 rings (SSSR count). The van der Waals surface area contributed by atoms with Crippen LogP contribution >= 0.6 is 15.9 Å². The molecule has 18 heavy (non-hydrogen) atoms. The van der Waals surface area contributed by atoms with E-state index in [9.17, 15) is 4.79 Å². The number of alkyl halides is 1. The molecule has 1 atom stereocenters. The Morgan fingerprint density at radius 1 is 1.28 bits per heavy atom. The van der Waals surface area contributed by atoms with Gasteiger partial charge in [0.05, 0.1) is 0 Å². The van der Waals surface area contributed by atoms with Crippen LogP contribution in [0.4, 0.5) is 0 Å². The highest BCUT2D eigenvalue weighted by molar-refractivity contribution is 9.09. The summed E-state index contributed by atoms with van der Waals surface area (Å²) < 4.78 is 0. The number of hydrogen-bond donors (Lipinski definition) is 1. The molecule has 0 aliphatic heterocycles. The van der Waals surface area contributed by atoms with E-state index in [1.165, 1.54) is 5.56 Å². The molecular formula is C15H22BrNO. The van der Waals surface area contributed by atoms with E-state index in [0.717, 1.165) is 18.4 Å². The van der Waals surface area contributed by atoms with Crippen molar-refractivity contribution in [3.05, 3.63) is 35.4 Å². The fraction of sp³-hybridized carbons (Fsp3) is 0.533. The van der Waals surface area contributed by atoms with Gasteiger partial charge in [-0.05, 0) is 36.5 Å². The van der Waals surface area contributed by atoms with E-state index in [-0.39, 0.29) is 5.91 Å². The number of hydrogen-bond acceptors (Lipinski definition) is 1. The highest BCUT2D eigenvalue weighted by Crippen LogP contribution is 2.12. The normalized spacial score (nSPS) is 12.5. The van der Waals surface area contributed by atoms with Crippen molar-refractivity contribution < 1.29 is 4.79 Å². The standard InChI is InChI=1S/C15H22BrNO/c1-4-12-5-7-13(8-6-12)15(18)17-10-14(16)9-11(2)3/h5-8,11,14H,4,9-10H2,1-3H3,(H,17,18). The number of rotatable bonds is 6. The number of halogens is 1. The average molecular weight is 312 g/mol. The van der Waals surface area contributed by atoms with Crippen molar-refractivity contribution in [2.45, 2.75) is 38.4 Å². The zero-order valence-corrected chi connectivity index (χ0v) is 13.0. The lowest BCUT2D eigenvalue weighted by Gasteiger charge is -2.13. The van der Waals surface area contributed by atoms with Gasteiger partial charge in [0.1, 0.15) is 0 Å². The topological polar surface area (TPSA) is 29.1 Å². The van der Waals surface area contributed by atoms with E-state index in [0.29, 0.717) is 17.3 Å². The highest BCUT2D eigenvalue weighted by atomic mass is 79.9. The van der Waals surface area contributed by atoms with Crippen LogP contribution < -0.4 is 5.32 Å². The quantitative estimate of drug-likeness (QED) is 0.796. The van der Waals surface area contributed by atoms with E-state index in [1.807, 2.05) is 24.3 Å². The first-order valence-corrected chi connectivity index (χ1v) is 7.45. The lowest BCUT2D eigenvalue weighted by Crippen LogP contribution is -2.30. The van der Waals surface area contributed by atoms with Gasteiger partial charge in [-0.2, -0.15) is 0 Å². The summed E-state index contributed by atoms with van der Waals surface area (Å²) in [7, 11) is 0. The van der Waals surface area contributed by atoms with Crippen LogP contribution in [-0.4, -0.2) is 17.3 Å². The van der Waals surface area contributed by atoms with Crippen LogP contribution in [0.5, 0.6) is 0 Å². The maximum absolute atomic E-state index is 11.9. The smallest absolute Gasteiger partial charge is 0.251 e. The SMILES string of the molecule is CCc1ccc(C(=O)NCC(Br)CC(C)C)cc1. The van der Waals surface area contributed by atoms with Gasteiger partial charge >= 0.3 is 0 Å². The lowest BCUT2D eigenvalue weighted by molar-refractivity contribution is 0.0953. The van der Waals surface area contributed by atoms with E-state index in [4.69, 9.17) is 0 Å². The largest absolute Gasteiger partial charge is 0.351 e. The van der Waals surface area contributed by atoms with Crippen molar-refractivity contribution in [3.63, 3.8) is 0 Å². The molecule has 0 spiro atoms. The summed E-state index contributed by atoms with van der Waals surface area (Å²) in [6.07, 6.45) is 2.06. The van der Waals surface area contributed by atoms with Crippen molar-refractivity contribution in [3.8, 4) is 0 Å². The average Bonchev–Trinajstić information content (AvgIpc) is 2.35. The van der Waals surface area contributed by atoms with Crippen LogP contribution in [0.1, 0.15) is 43.1 Å². The number of nitrogens with one attached hydrogen (secondary N) is 1. The van der Waals surface area contributed by atoms with Gasteiger partial charge in [0.15, 0.2) is 0 Å². The summed E-state index contributed by atoms with van der Waals surface area (Å²) in [6, 6.07) is 7.79. The molecule has 0 saturated carbocycles. The van der Waals surface area contributed by atoms with Gasteiger partial charge < -0.3 is 5.32 Å². The Balaban J connectivity index is 2.44. The molecule has 0 aliphatic rings. The third-order valence-electron chi connectivity index (χ3n) is 2.84. The molecule has 2 nitrogen and oxygen atoms in total. The summed E-state index contributed by atoms with van der Waals surface area (Å²) >= 11 is 3.59. The molecule has 0 fully saturated rings. The van der Waals surface area contributed by atoms with Gasteiger partial charge in [-0.1, -0.05) is 48.8 Å². The Bertz CT molecular complexity index is 373. The number of carbonyl (C=O) groups excluding carboxylic acids is 1. The van der Waals surface area contributed by atoms with E-state index >= 15 is 0 Å². The van der Waals surface area contributed by atoms with Gasteiger partial charge in [-0.3, -0.25) is 4.79 Å². The van der Waals surface area contributed by atoms with Crippen molar-refractivity contribution >= 4 is 21.8 Å². The van der Waals surface area contributed by atoms with Crippen LogP contribution in [0.2, 0.25) is 0 Å². The van der Waals surface area contributed by atoms with Gasteiger partial charge in [0, 0.05) is 16.9 Å². The maximum Gasteiger partial charge on any atom is 0.251 e. The number of amides is 1. The molecular weight excluding hydrogens is 290 g/mol.